The van der Waals surface area contributed by atoms with Crippen LogP contribution in [0.15, 0.2) is 47.5 Å². The Morgan fingerprint density at radius 1 is 1.03 bits per heavy atom. The predicted octanol–water partition coefficient (Wildman–Crippen LogP) is 3.73. The van der Waals surface area contributed by atoms with E-state index in [0.717, 1.165) is 50.9 Å². The quantitative estimate of drug-likeness (QED) is 0.578. The fourth-order valence-corrected chi connectivity index (χ4v) is 3.90. The Morgan fingerprint density at radius 3 is 2.38 bits per heavy atom. The molecule has 1 heterocycles. The van der Waals surface area contributed by atoms with Crippen molar-refractivity contribution in [2.45, 2.75) is 38.6 Å². The largest absolute Gasteiger partial charge is 0.496 e. The average molecular weight is 396 g/mol. The van der Waals surface area contributed by atoms with Gasteiger partial charge in [0.05, 0.1) is 7.11 Å². The number of nitrogens with one attached hydrogen (secondary N) is 2. The lowest BCUT2D eigenvalue weighted by atomic mass is 9.73. The van der Waals surface area contributed by atoms with Crippen LogP contribution in [-0.2, 0) is 16.7 Å². The van der Waals surface area contributed by atoms with Crippen molar-refractivity contribution in [3.8, 4) is 5.75 Å². The van der Waals surface area contributed by atoms with E-state index in [1.807, 2.05) is 7.05 Å². The van der Waals surface area contributed by atoms with E-state index in [9.17, 15) is 0 Å². The molecule has 1 fully saturated rings. The fraction of sp³-hybridized carbons (Fsp3) is 0.458. The molecule has 0 aromatic heterocycles. The number of aryl methyl sites for hydroxylation is 2. The summed E-state index contributed by atoms with van der Waals surface area (Å²) < 4.78 is 11.4. The number of nitrogens with zero attached hydrogens (tertiary/aromatic N) is 1. The zero-order chi connectivity index (χ0) is 20.7. The molecule has 0 saturated carbocycles. The second kappa shape index (κ2) is 9.79. The van der Waals surface area contributed by atoms with Crippen molar-refractivity contribution >= 4 is 5.96 Å². The molecule has 2 N–H and O–H groups in total. The molecule has 3 rings (SSSR count). The number of hydrogen-bond acceptors (Lipinski definition) is 3. The fourth-order valence-electron chi connectivity index (χ4n) is 3.90. The molecule has 0 aliphatic carbocycles. The van der Waals surface area contributed by atoms with Gasteiger partial charge in [-0.3, -0.25) is 4.99 Å². The number of rotatable bonds is 6. The van der Waals surface area contributed by atoms with E-state index < -0.39 is 0 Å². The van der Waals surface area contributed by atoms with E-state index in [4.69, 9.17) is 9.47 Å². The Hall–Kier alpha value is -2.53. The molecule has 0 bridgehead atoms. The summed E-state index contributed by atoms with van der Waals surface area (Å²) in [5.41, 5.74) is 4.96. The maximum absolute atomic E-state index is 5.71. The van der Waals surface area contributed by atoms with Gasteiger partial charge in [0.25, 0.3) is 0 Å². The van der Waals surface area contributed by atoms with Gasteiger partial charge >= 0.3 is 0 Å². The first-order chi connectivity index (χ1) is 14.1. The monoisotopic (exact) mass is 395 g/mol. The third-order valence-corrected chi connectivity index (χ3v) is 5.77. The number of guanidine groups is 1. The van der Waals surface area contributed by atoms with Crippen LogP contribution in [-0.4, -0.2) is 39.9 Å². The molecular formula is C24H33N3O2. The van der Waals surface area contributed by atoms with Crippen molar-refractivity contribution in [1.29, 1.82) is 0 Å². The first-order valence-electron chi connectivity index (χ1n) is 10.3. The zero-order valence-corrected chi connectivity index (χ0v) is 18.0. The predicted molar refractivity (Wildman–Crippen MR) is 119 cm³/mol. The molecule has 0 atom stereocenters. The molecule has 5 nitrogen and oxygen atoms in total. The van der Waals surface area contributed by atoms with E-state index >= 15 is 0 Å². The highest BCUT2D eigenvalue weighted by Crippen LogP contribution is 2.40. The van der Waals surface area contributed by atoms with Gasteiger partial charge in [0.15, 0.2) is 5.96 Å². The van der Waals surface area contributed by atoms with Crippen molar-refractivity contribution in [3.63, 3.8) is 0 Å². The third kappa shape index (κ3) is 5.30. The first kappa shape index (κ1) is 21.2. The standard InChI is InChI=1S/C24H33N3O2/c1-18-5-8-20(9-6-18)16-26-23(25-3)27-17-24(11-13-29-14-12-24)21-15-19(2)7-10-22(21)28-4/h5-10,15H,11-14,16-17H2,1-4H3,(H2,25,26,27). The summed E-state index contributed by atoms with van der Waals surface area (Å²) >= 11 is 0. The van der Waals surface area contributed by atoms with Gasteiger partial charge in [-0.15, -0.1) is 0 Å². The summed E-state index contributed by atoms with van der Waals surface area (Å²) in [6.07, 6.45) is 1.91. The maximum atomic E-state index is 5.71. The molecule has 156 valence electrons. The normalized spacial score (nSPS) is 16.3. The highest BCUT2D eigenvalue weighted by Gasteiger charge is 2.37. The zero-order valence-electron chi connectivity index (χ0n) is 18.0. The van der Waals surface area contributed by atoms with E-state index in [1.165, 1.54) is 22.3 Å². The summed E-state index contributed by atoms with van der Waals surface area (Å²) in [7, 11) is 3.56. The number of hydrogen-bond donors (Lipinski definition) is 2. The van der Waals surface area contributed by atoms with Gasteiger partial charge in [0.1, 0.15) is 5.75 Å². The summed E-state index contributed by atoms with van der Waals surface area (Å²) in [4.78, 5) is 4.42. The van der Waals surface area contributed by atoms with E-state index in [-0.39, 0.29) is 5.41 Å². The van der Waals surface area contributed by atoms with Crippen molar-refractivity contribution in [2.24, 2.45) is 4.99 Å². The third-order valence-electron chi connectivity index (χ3n) is 5.77. The van der Waals surface area contributed by atoms with E-state index in [1.54, 1.807) is 7.11 Å². The van der Waals surface area contributed by atoms with Crippen molar-refractivity contribution in [1.82, 2.24) is 10.6 Å². The van der Waals surface area contributed by atoms with Crippen molar-refractivity contribution in [2.75, 3.05) is 33.9 Å². The van der Waals surface area contributed by atoms with Gasteiger partial charge in [-0.2, -0.15) is 0 Å². The van der Waals surface area contributed by atoms with Crippen LogP contribution in [0.2, 0.25) is 0 Å². The lowest BCUT2D eigenvalue weighted by molar-refractivity contribution is 0.0505. The lowest BCUT2D eigenvalue weighted by Crippen LogP contribution is -2.48. The Labute approximate surface area is 174 Å². The molecule has 2 aromatic carbocycles. The summed E-state index contributed by atoms with van der Waals surface area (Å²) in [5.74, 6) is 1.75. The number of aliphatic imine (C=N–C) groups is 1. The Bertz CT molecular complexity index is 825. The summed E-state index contributed by atoms with van der Waals surface area (Å²) in [5, 5.41) is 6.99. The molecule has 0 spiro atoms. The molecular weight excluding hydrogens is 362 g/mol. The average Bonchev–Trinajstić information content (AvgIpc) is 2.75. The SMILES string of the molecule is CN=C(NCc1ccc(C)cc1)NCC1(c2cc(C)ccc2OC)CCOCC1. The Balaban J connectivity index is 1.73. The minimum absolute atomic E-state index is 0.0446. The van der Waals surface area contributed by atoms with Crippen LogP contribution < -0.4 is 15.4 Å². The van der Waals surface area contributed by atoms with Crippen molar-refractivity contribution < 1.29 is 9.47 Å². The molecule has 0 radical (unpaired) electrons. The topological polar surface area (TPSA) is 54.9 Å². The second-order valence-corrected chi connectivity index (χ2v) is 7.86. The van der Waals surface area contributed by atoms with Crippen LogP contribution in [0.25, 0.3) is 0 Å². The van der Waals surface area contributed by atoms with Crippen LogP contribution in [0, 0.1) is 13.8 Å². The van der Waals surface area contributed by atoms with Crippen LogP contribution in [0.3, 0.4) is 0 Å². The number of ether oxygens (including phenoxy) is 2. The minimum atomic E-state index is -0.0446. The molecule has 0 amide bonds. The number of benzene rings is 2. The lowest BCUT2D eigenvalue weighted by Gasteiger charge is -2.39. The van der Waals surface area contributed by atoms with Crippen LogP contribution in [0.1, 0.15) is 35.1 Å². The highest BCUT2D eigenvalue weighted by atomic mass is 16.5. The summed E-state index contributed by atoms with van der Waals surface area (Å²) in [6.45, 7) is 7.27. The van der Waals surface area contributed by atoms with Crippen LogP contribution in [0.5, 0.6) is 5.75 Å². The second-order valence-electron chi connectivity index (χ2n) is 7.86. The Kier molecular flexibility index (Phi) is 7.15. The smallest absolute Gasteiger partial charge is 0.191 e. The first-order valence-corrected chi connectivity index (χ1v) is 10.3. The number of methoxy groups -OCH3 is 1. The van der Waals surface area contributed by atoms with Crippen molar-refractivity contribution in [3.05, 3.63) is 64.7 Å². The maximum Gasteiger partial charge on any atom is 0.191 e. The molecule has 1 aliphatic heterocycles. The molecule has 1 saturated heterocycles. The van der Waals surface area contributed by atoms with Gasteiger partial charge < -0.3 is 20.1 Å². The van der Waals surface area contributed by atoms with Gasteiger partial charge in [-0.05, 0) is 38.3 Å². The summed E-state index contributed by atoms with van der Waals surface area (Å²) in [6, 6.07) is 15.0. The van der Waals surface area contributed by atoms with Gasteiger partial charge in [-0.1, -0.05) is 47.5 Å². The van der Waals surface area contributed by atoms with Gasteiger partial charge in [-0.25, -0.2) is 0 Å². The van der Waals surface area contributed by atoms with Crippen LogP contribution >= 0.6 is 0 Å². The van der Waals surface area contributed by atoms with Crippen LogP contribution in [0.4, 0.5) is 0 Å². The Morgan fingerprint density at radius 2 is 1.72 bits per heavy atom. The van der Waals surface area contributed by atoms with Gasteiger partial charge in [0, 0.05) is 44.3 Å². The molecule has 1 aliphatic rings. The van der Waals surface area contributed by atoms with E-state index in [0.29, 0.717) is 0 Å². The van der Waals surface area contributed by atoms with E-state index in [2.05, 4.69) is 71.9 Å². The molecule has 0 unspecified atom stereocenters. The minimum Gasteiger partial charge on any atom is -0.496 e. The molecule has 2 aromatic rings. The molecule has 5 heteroatoms. The molecule has 29 heavy (non-hydrogen) atoms. The van der Waals surface area contributed by atoms with Gasteiger partial charge in [0.2, 0.25) is 0 Å². The highest BCUT2D eigenvalue weighted by molar-refractivity contribution is 5.79.